The normalized spacial score (nSPS) is 17.4. The summed E-state index contributed by atoms with van der Waals surface area (Å²) in [5.74, 6) is 1.18. The van der Waals surface area contributed by atoms with Crippen molar-refractivity contribution in [2.75, 3.05) is 13.7 Å². The van der Waals surface area contributed by atoms with Gasteiger partial charge in [-0.15, -0.1) is 5.10 Å². The second-order valence-electron chi connectivity index (χ2n) is 6.76. The van der Waals surface area contributed by atoms with Gasteiger partial charge in [0, 0.05) is 10.0 Å². The van der Waals surface area contributed by atoms with Crippen LogP contribution >= 0.6 is 35.0 Å². The van der Waals surface area contributed by atoms with Crippen molar-refractivity contribution in [1.29, 1.82) is 0 Å². The number of carbonyl (C=O) groups is 1. The van der Waals surface area contributed by atoms with Crippen LogP contribution in [0.15, 0.2) is 46.6 Å². The van der Waals surface area contributed by atoms with Crippen molar-refractivity contribution in [3.63, 3.8) is 0 Å². The maximum atomic E-state index is 12.3. The second-order valence-corrected chi connectivity index (χ2v) is 8.77. The number of unbranched alkanes of at least 4 members (excludes halogenated alkanes) is 1. The van der Waals surface area contributed by atoms with Gasteiger partial charge in [0.2, 0.25) is 5.91 Å². The predicted molar refractivity (Wildman–Crippen MR) is 128 cm³/mol. The molecular formula is C22H23Cl2N3O3S. The molecule has 0 bridgehead atoms. The molecule has 0 spiro atoms. The minimum Gasteiger partial charge on any atom is -0.493 e. The lowest BCUT2D eigenvalue weighted by Gasteiger charge is -2.10. The number of carbonyl (C=O) groups excluding carboxylic acids is 1. The van der Waals surface area contributed by atoms with Crippen LogP contribution in [0.25, 0.3) is 0 Å². The molecule has 1 N–H and O–H groups in total. The standard InChI is InChI=1S/C22H23Cl2N3O3S/c1-3-4-10-30-18-9-8-14(11-19(18)29-2)13-25-27-22-26-21(28)20(31-22)12-15-16(23)6-5-7-17(15)24/h5-9,11,13,20H,3-4,10,12H2,1-2H3,(H,26,27,28)/b25-13-/t20-/m0/s1. The van der Waals surface area contributed by atoms with Gasteiger partial charge in [-0.25, -0.2) is 0 Å². The zero-order valence-corrected chi connectivity index (χ0v) is 19.6. The summed E-state index contributed by atoms with van der Waals surface area (Å²) in [6, 6.07) is 10.8. The summed E-state index contributed by atoms with van der Waals surface area (Å²) in [6.45, 7) is 2.76. The van der Waals surface area contributed by atoms with Gasteiger partial charge in [0.1, 0.15) is 0 Å². The number of amidine groups is 1. The number of nitrogens with one attached hydrogen (secondary N) is 1. The number of methoxy groups -OCH3 is 1. The molecule has 1 heterocycles. The molecule has 0 aliphatic carbocycles. The van der Waals surface area contributed by atoms with Crippen molar-refractivity contribution in [3.05, 3.63) is 57.6 Å². The molecule has 0 unspecified atom stereocenters. The van der Waals surface area contributed by atoms with E-state index in [1.807, 2.05) is 18.2 Å². The summed E-state index contributed by atoms with van der Waals surface area (Å²) < 4.78 is 11.1. The van der Waals surface area contributed by atoms with Crippen molar-refractivity contribution in [1.82, 2.24) is 5.32 Å². The van der Waals surface area contributed by atoms with Crippen LogP contribution in [0, 0.1) is 0 Å². The average molecular weight is 480 g/mol. The van der Waals surface area contributed by atoms with Crippen LogP contribution in [-0.4, -0.2) is 36.3 Å². The van der Waals surface area contributed by atoms with Gasteiger partial charge in [0.15, 0.2) is 16.7 Å². The molecule has 0 aromatic heterocycles. The Bertz CT molecular complexity index is 978. The van der Waals surface area contributed by atoms with E-state index in [0.717, 1.165) is 24.0 Å². The number of benzene rings is 2. The molecule has 1 saturated heterocycles. The summed E-state index contributed by atoms with van der Waals surface area (Å²) in [6.07, 6.45) is 4.05. The van der Waals surface area contributed by atoms with E-state index < -0.39 is 0 Å². The van der Waals surface area contributed by atoms with Crippen LogP contribution in [0.2, 0.25) is 10.0 Å². The summed E-state index contributed by atoms with van der Waals surface area (Å²) >= 11 is 13.7. The number of ether oxygens (including phenoxy) is 2. The average Bonchev–Trinajstić information content (AvgIpc) is 3.10. The third kappa shape index (κ3) is 6.38. The molecule has 1 aliphatic rings. The number of thioether (sulfide) groups is 1. The molecule has 1 aliphatic heterocycles. The van der Waals surface area contributed by atoms with Gasteiger partial charge in [0.05, 0.1) is 25.2 Å². The quantitative estimate of drug-likeness (QED) is 0.299. The number of halogens is 2. The van der Waals surface area contributed by atoms with Crippen LogP contribution in [0.1, 0.15) is 30.9 Å². The highest BCUT2D eigenvalue weighted by atomic mass is 35.5. The fourth-order valence-corrected chi connectivity index (χ4v) is 4.35. The number of amides is 1. The Hall–Kier alpha value is -2.22. The summed E-state index contributed by atoms with van der Waals surface area (Å²) in [5, 5.41) is 12.1. The Kier molecular flexibility index (Phi) is 8.63. The minimum absolute atomic E-state index is 0.148. The van der Waals surface area contributed by atoms with Crippen LogP contribution < -0.4 is 14.8 Å². The summed E-state index contributed by atoms with van der Waals surface area (Å²) in [5.41, 5.74) is 1.55. The van der Waals surface area contributed by atoms with Gasteiger partial charge in [-0.3, -0.25) is 4.79 Å². The van der Waals surface area contributed by atoms with E-state index in [1.54, 1.807) is 31.5 Å². The SMILES string of the molecule is CCCCOc1ccc(/C=N\N=C2/NC(=O)[C@H](Cc3c(Cl)cccc3Cl)S2)cc1OC. The Balaban J connectivity index is 1.63. The Morgan fingerprint density at radius 3 is 2.68 bits per heavy atom. The zero-order valence-electron chi connectivity index (χ0n) is 17.2. The highest BCUT2D eigenvalue weighted by Gasteiger charge is 2.31. The molecule has 2 aromatic rings. The Morgan fingerprint density at radius 2 is 1.97 bits per heavy atom. The third-order valence-electron chi connectivity index (χ3n) is 4.53. The second kappa shape index (κ2) is 11.4. The van der Waals surface area contributed by atoms with Gasteiger partial charge in [-0.05, 0) is 54.3 Å². The lowest BCUT2D eigenvalue weighted by atomic mass is 10.1. The maximum absolute atomic E-state index is 12.3. The fraction of sp³-hybridized carbons (Fsp3) is 0.318. The molecule has 31 heavy (non-hydrogen) atoms. The zero-order chi connectivity index (χ0) is 22.2. The van der Waals surface area contributed by atoms with Gasteiger partial charge in [0.25, 0.3) is 0 Å². The van der Waals surface area contributed by atoms with Crippen LogP contribution in [0.5, 0.6) is 11.5 Å². The first-order valence-electron chi connectivity index (χ1n) is 9.84. The van der Waals surface area contributed by atoms with Crippen molar-refractivity contribution in [2.24, 2.45) is 10.2 Å². The van der Waals surface area contributed by atoms with E-state index in [9.17, 15) is 4.79 Å². The minimum atomic E-state index is -0.369. The van der Waals surface area contributed by atoms with E-state index in [0.29, 0.717) is 39.7 Å². The topological polar surface area (TPSA) is 72.3 Å². The number of rotatable bonds is 9. The van der Waals surface area contributed by atoms with E-state index in [4.69, 9.17) is 32.7 Å². The molecule has 9 heteroatoms. The molecule has 2 aromatic carbocycles. The first-order chi connectivity index (χ1) is 15.0. The monoisotopic (exact) mass is 479 g/mol. The molecule has 1 atom stereocenters. The highest BCUT2D eigenvalue weighted by Crippen LogP contribution is 2.31. The van der Waals surface area contributed by atoms with E-state index >= 15 is 0 Å². The van der Waals surface area contributed by atoms with E-state index in [2.05, 4.69) is 22.4 Å². The first kappa shape index (κ1) is 23.4. The van der Waals surface area contributed by atoms with Crippen LogP contribution in [0.3, 0.4) is 0 Å². The number of hydrogen-bond acceptors (Lipinski definition) is 6. The molecular weight excluding hydrogens is 457 g/mol. The summed E-state index contributed by atoms with van der Waals surface area (Å²) in [4.78, 5) is 12.3. The molecule has 164 valence electrons. The van der Waals surface area contributed by atoms with Gasteiger partial charge in [-0.2, -0.15) is 5.10 Å². The third-order valence-corrected chi connectivity index (χ3v) is 6.31. The lowest BCUT2D eigenvalue weighted by molar-refractivity contribution is -0.118. The Morgan fingerprint density at radius 1 is 1.19 bits per heavy atom. The van der Waals surface area contributed by atoms with Crippen molar-refractivity contribution in [2.45, 2.75) is 31.4 Å². The highest BCUT2D eigenvalue weighted by molar-refractivity contribution is 8.15. The predicted octanol–water partition coefficient (Wildman–Crippen LogP) is 5.35. The molecule has 1 amide bonds. The molecule has 0 saturated carbocycles. The van der Waals surface area contributed by atoms with Gasteiger partial charge in [-0.1, -0.05) is 54.4 Å². The molecule has 1 fully saturated rings. The largest absolute Gasteiger partial charge is 0.493 e. The molecule has 3 rings (SSSR count). The van der Waals surface area contributed by atoms with Crippen molar-refractivity contribution >= 4 is 52.3 Å². The van der Waals surface area contributed by atoms with Crippen molar-refractivity contribution in [3.8, 4) is 11.5 Å². The number of hydrogen-bond donors (Lipinski definition) is 1. The Labute approximate surface area is 196 Å². The smallest absolute Gasteiger partial charge is 0.239 e. The van der Waals surface area contributed by atoms with Crippen LogP contribution in [0.4, 0.5) is 0 Å². The number of nitrogens with zero attached hydrogens (tertiary/aromatic N) is 2. The van der Waals surface area contributed by atoms with Gasteiger partial charge < -0.3 is 14.8 Å². The van der Waals surface area contributed by atoms with E-state index in [1.165, 1.54) is 11.8 Å². The van der Waals surface area contributed by atoms with Gasteiger partial charge >= 0.3 is 0 Å². The van der Waals surface area contributed by atoms with Crippen molar-refractivity contribution < 1.29 is 14.3 Å². The summed E-state index contributed by atoms with van der Waals surface area (Å²) in [7, 11) is 1.60. The maximum Gasteiger partial charge on any atom is 0.239 e. The van der Waals surface area contributed by atoms with E-state index in [-0.39, 0.29) is 11.2 Å². The first-order valence-corrected chi connectivity index (χ1v) is 11.5. The lowest BCUT2D eigenvalue weighted by Crippen LogP contribution is -2.26. The fourth-order valence-electron chi connectivity index (χ4n) is 2.86. The molecule has 0 radical (unpaired) electrons. The molecule has 6 nitrogen and oxygen atoms in total. The van der Waals surface area contributed by atoms with Crippen LogP contribution in [-0.2, 0) is 11.2 Å².